The van der Waals surface area contributed by atoms with Crippen LogP contribution in [0.1, 0.15) is 21.5 Å². The molecule has 1 aromatic carbocycles. The summed E-state index contributed by atoms with van der Waals surface area (Å²) in [6, 6.07) is 3.17. The summed E-state index contributed by atoms with van der Waals surface area (Å²) >= 11 is 0. The van der Waals surface area contributed by atoms with Crippen LogP contribution in [0, 0.1) is 24.0 Å². The van der Waals surface area contributed by atoms with E-state index in [2.05, 4.69) is 5.32 Å². The van der Waals surface area contributed by atoms with Crippen LogP contribution in [0.2, 0.25) is 0 Å². The van der Waals surface area contributed by atoms with Gasteiger partial charge in [-0.3, -0.25) is 14.9 Å². The molecule has 1 aromatic rings. The zero-order valence-corrected chi connectivity index (χ0v) is 8.83. The molecule has 0 saturated heterocycles. The quantitative estimate of drug-likeness (QED) is 0.592. The van der Waals surface area contributed by atoms with Crippen LogP contribution in [0.4, 0.5) is 5.69 Å². The third kappa shape index (κ3) is 1.96. The smallest absolute Gasteiger partial charge is 0.275 e. The number of nitro benzene ring substituents is 1. The van der Waals surface area contributed by atoms with Crippen molar-refractivity contribution in [3.8, 4) is 0 Å². The fourth-order valence-corrected chi connectivity index (χ4v) is 1.50. The zero-order valence-electron chi connectivity index (χ0n) is 8.83. The fraction of sp³-hybridized carbons (Fsp3) is 0.300. The molecule has 0 bridgehead atoms. The van der Waals surface area contributed by atoms with Crippen molar-refractivity contribution in [3.05, 3.63) is 38.9 Å². The van der Waals surface area contributed by atoms with E-state index in [1.807, 2.05) is 0 Å². The van der Waals surface area contributed by atoms with Gasteiger partial charge in [-0.25, -0.2) is 0 Å². The molecule has 0 aromatic heterocycles. The monoisotopic (exact) mass is 208 g/mol. The fourth-order valence-electron chi connectivity index (χ4n) is 1.50. The highest BCUT2D eigenvalue weighted by Gasteiger charge is 2.20. The van der Waals surface area contributed by atoms with Crippen molar-refractivity contribution in [2.75, 3.05) is 7.05 Å². The summed E-state index contributed by atoms with van der Waals surface area (Å²) in [6.45, 7) is 3.23. The summed E-state index contributed by atoms with van der Waals surface area (Å²) < 4.78 is 0. The molecule has 0 atom stereocenters. The lowest BCUT2D eigenvalue weighted by molar-refractivity contribution is -0.386. The number of carbonyl (C=O) groups excluding carboxylic acids is 1. The molecule has 0 unspecified atom stereocenters. The minimum absolute atomic E-state index is 0.0103. The predicted molar refractivity (Wildman–Crippen MR) is 56.0 cm³/mol. The molecule has 0 spiro atoms. The summed E-state index contributed by atoms with van der Waals surface area (Å²) in [5, 5.41) is 13.2. The molecule has 15 heavy (non-hydrogen) atoms. The molecule has 1 N–H and O–H groups in total. The Bertz CT molecular complexity index is 427. The minimum Gasteiger partial charge on any atom is -0.355 e. The Hall–Kier alpha value is -1.91. The van der Waals surface area contributed by atoms with E-state index in [4.69, 9.17) is 0 Å². The summed E-state index contributed by atoms with van der Waals surface area (Å²) in [5.74, 6) is -0.310. The lowest BCUT2D eigenvalue weighted by Crippen LogP contribution is -2.19. The number of nitrogens with one attached hydrogen (secondary N) is 1. The van der Waals surface area contributed by atoms with E-state index in [-0.39, 0.29) is 11.6 Å². The third-order valence-electron chi connectivity index (χ3n) is 2.29. The van der Waals surface area contributed by atoms with Crippen LogP contribution in [0.15, 0.2) is 12.1 Å². The van der Waals surface area contributed by atoms with E-state index in [9.17, 15) is 14.9 Å². The van der Waals surface area contributed by atoms with Gasteiger partial charge >= 0.3 is 0 Å². The summed E-state index contributed by atoms with van der Waals surface area (Å²) in [4.78, 5) is 21.7. The number of hydrogen-bond donors (Lipinski definition) is 1. The standard InChI is InChI=1S/C10H12N2O3/c1-6-4-5-8(10(13)11-3)7(2)9(6)12(14)15/h4-5H,1-3H3,(H,11,13). The molecule has 0 heterocycles. The molecule has 5 heteroatoms. The minimum atomic E-state index is -0.461. The molecule has 0 aliphatic heterocycles. The van der Waals surface area contributed by atoms with E-state index in [0.717, 1.165) is 0 Å². The van der Waals surface area contributed by atoms with Crippen molar-refractivity contribution >= 4 is 11.6 Å². The van der Waals surface area contributed by atoms with Gasteiger partial charge in [0.15, 0.2) is 0 Å². The van der Waals surface area contributed by atoms with Crippen LogP contribution < -0.4 is 5.32 Å². The average Bonchev–Trinajstić information content (AvgIpc) is 2.16. The van der Waals surface area contributed by atoms with Crippen LogP contribution in [0.3, 0.4) is 0 Å². The SMILES string of the molecule is CNC(=O)c1ccc(C)c([N+](=O)[O-])c1C. The highest BCUT2D eigenvalue weighted by atomic mass is 16.6. The number of benzene rings is 1. The molecule has 0 fully saturated rings. The maximum atomic E-state index is 11.4. The van der Waals surface area contributed by atoms with E-state index in [1.54, 1.807) is 26.0 Å². The van der Waals surface area contributed by atoms with Crippen LogP contribution >= 0.6 is 0 Å². The van der Waals surface area contributed by atoms with Crippen LogP contribution in [-0.4, -0.2) is 17.9 Å². The van der Waals surface area contributed by atoms with E-state index >= 15 is 0 Å². The van der Waals surface area contributed by atoms with Crippen molar-refractivity contribution < 1.29 is 9.72 Å². The number of rotatable bonds is 2. The van der Waals surface area contributed by atoms with Gasteiger partial charge in [0, 0.05) is 23.7 Å². The number of hydrogen-bond acceptors (Lipinski definition) is 3. The van der Waals surface area contributed by atoms with Crippen molar-refractivity contribution in [2.45, 2.75) is 13.8 Å². The highest BCUT2D eigenvalue weighted by molar-refractivity contribution is 5.96. The largest absolute Gasteiger partial charge is 0.355 e. The summed E-state index contributed by atoms with van der Waals surface area (Å²) in [5.41, 5.74) is 1.32. The Labute approximate surface area is 87.3 Å². The van der Waals surface area contributed by atoms with Gasteiger partial charge in [-0.05, 0) is 19.9 Å². The first-order valence-electron chi connectivity index (χ1n) is 4.45. The Morgan fingerprint density at radius 1 is 1.40 bits per heavy atom. The van der Waals surface area contributed by atoms with Gasteiger partial charge in [-0.15, -0.1) is 0 Å². The topological polar surface area (TPSA) is 72.2 Å². The molecule has 0 saturated carbocycles. The zero-order chi connectivity index (χ0) is 11.6. The number of amides is 1. The number of carbonyl (C=O) groups is 1. The molecule has 0 radical (unpaired) electrons. The second-order valence-corrected chi connectivity index (χ2v) is 3.24. The molecule has 1 rings (SSSR count). The average molecular weight is 208 g/mol. The lowest BCUT2D eigenvalue weighted by Gasteiger charge is -2.06. The van der Waals surface area contributed by atoms with Crippen LogP contribution in [0.5, 0.6) is 0 Å². The highest BCUT2D eigenvalue weighted by Crippen LogP contribution is 2.25. The third-order valence-corrected chi connectivity index (χ3v) is 2.29. The van der Waals surface area contributed by atoms with Gasteiger partial charge in [0.2, 0.25) is 0 Å². The van der Waals surface area contributed by atoms with Crippen molar-refractivity contribution in [3.63, 3.8) is 0 Å². The van der Waals surface area contributed by atoms with E-state index in [0.29, 0.717) is 16.7 Å². The summed E-state index contributed by atoms with van der Waals surface area (Å²) in [7, 11) is 1.49. The van der Waals surface area contributed by atoms with Gasteiger partial charge in [0.1, 0.15) is 0 Å². The Kier molecular flexibility index (Phi) is 3.04. The second-order valence-electron chi connectivity index (χ2n) is 3.24. The van der Waals surface area contributed by atoms with Gasteiger partial charge in [0.05, 0.1) is 4.92 Å². The van der Waals surface area contributed by atoms with Crippen LogP contribution in [0.25, 0.3) is 0 Å². The number of nitrogens with zero attached hydrogens (tertiary/aromatic N) is 1. The van der Waals surface area contributed by atoms with Gasteiger partial charge in [-0.2, -0.15) is 0 Å². The first-order valence-corrected chi connectivity index (χ1v) is 4.45. The molecular formula is C10H12N2O3. The van der Waals surface area contributed by atoms with Gasteiger partial charge in [-0.1, -0.05) is 6.07 Å². The van der Waals surface area contributed by atoms with Crippen molar-refractivity contribution in [1.82, 2.24) is 5.32 Å². The molecule has 0 aliphatic rings. The molecule has 0 aliphatic carbocycles. The Morgan fingerprint density at radius 2 is 2.00 bits per heavy atom. The summed E-state index contributed by atoms with van der Waals surface area (Å²) in [6.07, 6.45) is 0. The molecule has 1 amide bonds. The van der Waals surface area contributed by atoms with E-state index in [1.165, 1.54) is 7.05 Å². The predicted octanol–water partition coefficient (Wildman–Crippen LogP) is 1.57. The Morgan fingerprint density at radius 3 is 2.47 bits per heavy atom. The lowest BCUT2D eigenvalue weighted by atomic mass is 10.0. The van der Waals surface area contributed by atoms with Crippen molar-refractivity contribution in [1.29, 1.82) is 0 Å². The number of nitro groups is 1. The first-order chi connectivity index (χ1) is 6.99. The van der Waals surface area contributed by atoms with Gasteiger partial charge < -0.3 is 5.32 Å². The molecular weight excluding hydrogens is 196 g/mol. The van der Waals surface area contributed by atoms with Crippen molar-refractivity contribution in [2.24, 2.45) is 0 Å². The van der Waals surface area contributed by atoms with Crippen LogP contribution in [-0.2, 0) is 0 Å². The number of aryl methyl sites for hydroxylation is 1. The first kappa shape index (κ1) is 11.2. The molecule has 5 nitrogen and oxygen atoms in total. The second kappa shape index (κ2) is 4.08. The van der Waals surface area contributed by atoms with E-state index < -0.39 is 4.92 Å². The maximum Gasteiger partial charge on any atom is 0.275 e. The Balaban J connectivity index is 3.41. The normalized spacial score (nSPS) is 9.80. The van der Waals surface area contributed by atoms with Gasteiger partial charge in [0.25, 0.3) is 11.6 Å². The molecule has 80 valence electrons. The maximum absolute atomic E-state index is 11.4.